The summed E-state index contributed by atoms with van der Waals surface area (Å²) in [5, 5.41) is 0.665. The van der Waals surface area contributed by atoms with Crippen molar-refractivity contribution in [3.05, 3.63) is 112 Å². The number of carbonyl (C=O) groups is 2. The van der Waals surface area contributed by atoms with E-state index in [0.717, 1.165) is 28.8 Å². The molecule has 0 N–H and O–H groups in total. The van der Waals surface area contributed by atoms with Gasteiger partial charge in [-0.05, 0) is 84.1 Å². The predicted octanol–water partition coefficient (Wildman–Crippen LogP) is 9.67. The van der Waals surface area contributed by atoms with E-state index in [0.29, 0.717) is 32.5 Å². The number of benzene rings is 3. The molecule has 6 nitrogen and oxygen atoms in total. The second-order valence-electron chi connectivity index (χ2n) is 10.7. The fraction of sp³-hybridized carbons (Fsp3) is 0.257. The highest BCUT2D eigenvalue weighted by Crippen LogP contribution is 2.40. The van der Waals surface area contributed by atoms with Gasteiger partial charge in [0, 0.05) is 22.0 Å². The van der Waals surface area contributed by atoms with E-state index in [4.69, 9.17) is 37.4 Å². The van der Waals surface area contributed by atoms with Crippen LogP contribution in [0.1, 0.15) is 40.4 Å². The number of aryl methyl sites for hydroxylation is 1. The second kappa shape index (κ2) is 14.5. The number of rotatable bonds is 10. The maximum absolute atomic E-state index is 13.9. The Balaban J connectivity index is 1.75. The molecule has 1 amide bonds. The molecule has 2 unspecified atom stereocenters. The van der Waals surface area contributed by atoms with Crippen molar-refractivity contribution in [2.45, 2.75) is 45.1 Å². The van der Waals surface area contributed by atoms with Crippen LogP contribution in [0.25, 0.3) is 22.3 Å². The van der Waals surface area contributed by atoms with Gasteiger partial charge in [-0.15, -0.1) is 0 Å². The van der Waals surface area contributed by atoms with Gasteiger partial charge in [0.2, 0.25) is 0 Å². The summed E-state index contributed by atoms with van der Waals surface area (Å²) in [6, 6.07) is 13.4. The van der Waals surface area contributed by atoms with Crippen molar-refractivity contribution in [1.82, 2.24) is 4.90 Å². The first kappa shape index (κ1) is 34.7. The SMILES string of the molecule is C=C/C(Cl)=C\C(Cl)=C/CC1OC(=O)N(Cc2cc(C(F)(F)F)ccc2-c2cc(-c3ccc(C(=O)OC)cc3C)ccc2OC)C1C. The average Bonchev–Trinajstić information content (AvgIpc) is 3.30. The molecule has 1 saturated heterocycles. The Morgan fingerprint density at radius 3 is 2.37 bits per heavy atom. The van der Waals surface area contributed by atoms with Crippen molar-refractivity contribution < 1.29 is 37.0 Å². The molecule has 11 heteroatoms. The minimum atomic E-state index is -4.61. The van der Waals surface area contributed by atoms with E-state index < -0.39 is 35.9 Å². The topological polar surface area (TPSA) is 65.1 Å². The number of carbonyl (C=O) groups excluding carboxylic acids is 2. The Hall–Kier alpha value is -4.21. The number of cyclic esters (lactones) is 1. The molecule has 2 atom stereocenters. The zero-order valence-corrected chi connectivity index (χ0v) is 27.1. The second-order valence-corrected chi connectivity index (χ2v) is 11.5. The molecule has 4 rings (SSSR count). The molecule has 1 aliphatic heterocycles. The van der Waals surface area contributed by atoms with Crippen molar-refractivity contribution in [3.8, 4) is 28.0 Å². The van der Waals surface area contributed by atoms with Crippen molar-refractivity contribution in [2.24, 2.45) is 0 Å². The molecule has 1 fully saturated rings. The number of methoxy groups -OCH3 is 2. The Kier molecular flexibility index (Phi) is 10.9. The highest BCUT2D eigenvalue weighted by atomic mass is 35.5. The molecular formula is C35H32Cl2F3NO5. The summed E-state index contributed by atoms with van der Waals surface area (Å²) < 4.78 is 57.8. The summed E-state index contributed by atoms with van der Waals surface area (Å²) in [5.41, 5.74) is 3.11. The lowest BCUT2D eigenvalue weighted by molar-refractivity contribution is -0.137. The molecule has 1 aliphatic rings. The van der Waals surface area contributed by atoms with Crippen LogP contribution in [0.5, 0.6) is 5.75 Å². The van der Waals surface area contributed by atoms with Crippen LogP contribution in [0, 0.1) is 6.92 Å². The maximum Gasteiger partial charge on any atom is 0.416 e. The Morgan fingerprint density at radius 2 is 1.74 bits per heavy atom. The third-order valence-corrected chi connectivity index (χ3v) is 8.28. The summed E-state index contributed by atoms with van der Waals surface area (Å²) in [6.45, 7) is 7.02. The van der Waals surface area contributed by atoms with Crippen LogP contribution in [0.15, 0.2) is 89.5 Å². The highest BCUT2D eigenvalue weighted by molar-refractivity contribution is 6.35. The number of halogens is 5. The molecule has 46 heavy (non-hydrogen) atoms. The van der Waals surface area contributed by atoms with E-state index in [1.54, 1.807) is 37.3 Å². The minimum Gasteiger partial charge on any atom is -0.496 e. The van der Waals surface area contributed by atoms with Gasteiger partial charge >= 0.3 is 18.2 Å². The van der Waals surface area contributed by atoms with Gasteiger partial charge in [-0.2, -0.15) is 13.2 Å². The van der Waals surface area contributed by atoms with Crippen molar-refractivity contribution in [1.29, 1.82) is 0 Å². The number of esters is 1. The fourth-order valence-corrected chi connectivity index (χ4v) is 5.64. The fourth-order valence-electron chi connectivity index (χ4n) is 5.26. The van der Waals surface area contributed by atoms with Gasteiger partial charge in [0.25, 0.3) is 0 Å². The molecule has 0 bridgehead atoms. The minimum absolute atomic E-state index is 0.157. The number of ether oxygens (including phenoxy) is 3. The lowest BCUT2D eigenvalue weighted by Crippen LogP contribution is -2.33. The molecule has 0 saturated carbocycles. The molecule has 242 valence electrons. The van der Waals surface area contributed by atoms with E-state index >= 15 is 0 Å². The number of allylic oxidation sites excluding steroid dienone is 4. The van der Waals surface area contributed by atoms with Gasteiger partial charge < -0.3 is 14.2 Å². The normalized spacial score (nSPS) is 17.2. The molecule has 0 spiro atoms. The third-order valence-electron chi connectivity index (χ3n) is 7.75. The van der Waals surface area contributed by atoms with Crippen LogP contribution in [0.3, 0.4) is 0 Å². The third kappa shape index (κ3) is 7.77. The predicted molar refractivity (Wildman–Crippen MR) is 173 cm³/mol. The Labute approximate surface area is 275 Å². The molecule has 3 aromatic rings. The first-order valence-corrected chi connectivity index (χ1v) is 14.9. The first-order chi connectivity index (χ1) is 21.8. The van der Waals surface area contributed by atoms with Crippen LogP contribution in [0.4, 0.5) is 18.0 Å². The number of alkyl halides is 3. The largest absolute Gasteiger partial charge is 0.496 e. The van der Waals surface area contributed by atoms with Gasteiger partial charge in [-0.1, -0.05) is 60.1 Å². The van der Waals surface area contributed by atoms with E-state index in [2.05, 4.69) is 6.58 Å². The van der Waals surface area contributed by atoms with Crippen molar-refractivity contribution in [3.63, 3.8) is 0 Å². The van der Waals surface area contributed by atoms with Gasteiger partial charge in [-0.3, -0.25) is 4.90 Å². The van der Waals surface area contributed by atoms with Crippen molar-refractivity contribution >= 4 is 35.3 Å². The van der Waals surface area contributed by atoms with Crippen LogP contribution in [-0.4, -0.2) is 43.3 Å². The van der Waals surface area contributed by atoms with Crippen LogP contribution in [-0.2, 0) is 22.2 Å². The summed E-state index contributed by atoms with van der Waals surface area (Å²) in [7, 11) is 2.78. The summed E-state index contributed by atoms with van der Waals surface area (Å²) in [5.74, 6) is -0.0426. The number of nitrogens with zero attached hydrogens (tertiary/aromatic N) is 1. The van der Waals surface area contributed by atoms with E-state index in [9.17, 15) is 22.8 Å². The quantitative estimate of drug-likeness (QED) is 0.158. The lowest BCUT2D eigenvalue weighted by atomic mass is 9.91. The zero-order chi connectivity index (χ0) is 33.8. The standard InChI is InChI=1S/C35H32Cl2F3NO5/c1-6-26(36)18-27(37)10-14-31-21(3)41(34(43)46-31)19-24-16-25(35(38,39)40)9-12-29(24)30-17-22(8-13-32(30)44-4)28-11-7-23(15-20(28)2)33(42)45-5/h6-13,15-18,21,31H,1,14,19H2,2-5H3/b26-18+,27-10+. The van der Waals surface area contributed by atoms with Crippen LogP contribution in [0.2, 0.25) is 0 Å². The van der Waals surface area contributed by atoms with Crippen LogP contribution >= 0.6 is 23.2 Å². The molecule has 0 aromatic heterocycles. The van der Waals surface area contributed by atoms with E-state index in [-0.39, 0.29) is 18.5 Å². The molecule has 0 radical (unpaired) electrons. The van der Waals surface area contributed by atoms with E-state index in [1.807, 2.05) is 19.1 Å². The monoisotopic (exact) mass is 673 g/mol. The van der Waals surface area contributed by atoms with Gasteiger partial charge in [-0.25, -0.2) is 9.59 Å². The van der Waals surface area contributed by atoms with E-state index in [1.165, 1.54) is 37.3 Å². The molecular weight excluding hydrogens is 642 g/mol. The van der Waals surface area contributed by atoms with Gasteiger partial charge in [0.1, 0.15) is 11.9 Å². The maximum atomic E-state index is 13.9. The molecule has 1 heterocycles. The Bertz CT molecular complexity index is 1720. The zero-order valence-electron chi connectivity index (χ0n) is 25.6. The van der Waals surface area contributed by atoms with Crippen molar-refractivity contribution in [2.75, 3.05) is 14.2 Å². The van der Waals surface area contributed by atoms with Crippen LogP contribution < -0.4 is 4.74 Å². The average molecular weight is 675 g/mol. The molecule has 3 aromatic carbocycles. The number of hydrogen-bond acceptors (Lipinski definition) is 5. The summed E-state index contributed by atoms with van der Waals surface area (Å²) in [6.07, 6.45) is -1.03. The highest BCUT2D eigenvalue weighted by Gasteiger charge is 2.39. The lowest BCUT2D eigenvalue weighted by Gasteiger charge is -2.23. The first-order valence-electron chi connectivity index (χ1n) is 14.2. The molecule has 0 aliphatic carbocycles. The Morgan fingerprint density at radius 1 is 1.02 bits per heavy atom. The van der Waals surface area contributed by atoms with Gasteiger partial charge in [0.05, 0.1) is 37.9 Å². The van der Waals surface area contributed by atoms with Gasteiger partial charge in [0.15, 0.2) is 0 Å². The number of hydrogen-bond donors (Lipinski definition) is 0. The summed E-state index contributed by atoms with van der Waals surface area (Å²) >= 11 is 12.2. The number of amides is 1. The smallest absolute Gasteiger partial charge is 0.416 e. The summed E-state index contributed by atoms with van der Waals surface area (Å²) in [4.78, 5) is 26.4.